The number of aldehydes is 1. The number of nitrogens with zero attached hydrogens (tertiary/aromatic N) is 2. The molecule has 0 bridgehead atoms. The number of benzene rings is 1. The molecule has 0 fully saturated rings. The number of aliphatic hydroxyl groups excluding tert-OH is 1. The van der Waals surface area contributed by atoms with Gasteiger partial charge in [0, 0.05) is 35.3 Å². The second-order valence-corrected chi connectivity index (χ2v) is 7.03. The molecule has 0 amide bonds. The quantitative estimate of drug-likeness (QED) is 0.394. The van der Waals surface area contributed by atoms with Gasteiger partial charge in [0.25, 0.3) is 5.56 Å². The van der Waals surface area contributed by atoms with Crippen LogP contribution in [0.1, 0.15) is 35.3 Å². The number of carbonyl (C=O) groups is 1. The number of nitrogens with two attached hydrogens (primary N) is 1. The molecule has 150 valence electrons. The number of aryl methyl sites for hydroxylation is 1. The molecule has 0 radical (unpaired) electrons. The molecule has 0 spiro atoms. The molecule has 1 aliphatic rings. The monoisotopic (exact) mass is 397 g/mol. The number of fused-ring (bicyclic) bond motifs is 4. The van der Waals surface area contributed by atoms with E-state index in [1.165, 1.54) is 13.2 Å². The van der Waals surface area contributed by atoms with Crippen LogP contribution in [-0.4, -0.2) is 28.1 Å². The van der Waals surface area contributed by atoms with Crippen LogP contribution in [0.15, 0.2) is 23.0 Å². The first kappa shape index (κ1) is 19.2. The lowest BCUT2D eigenvalue weighted by Crippen LogP contribution is -2.26. The zero-order valence-corrected chi connectivity index (χ0v) is 16.0. The molecule has 3 N–H and O–H groups in total. The lowest BCUT2D eigenvalue weighted by molar-refractivity contribution is -0.115. The summed E-state index contributed by atoms with van der Waals surface area (Å²) in [6.45, 7) is 2.23. The minimum absolute atomic E-state index is 0.0343. The van der Waals surface area contributed by atoms with E-state index in [1.54, 1.807) is 16.7 Å². The van der Waals surface area contributed by atoms with Crippen LogP contribution < -0.4 is 11.3 Å². The van der Waals surface area contributed by atoms with Crippen molar-refractivity contribution in [1.29, 1.82) is 0 Å². The van der Waals surface area contributed by atoms with E-state index in [0.29, 0.717) is 36.2 Å². The summed E-state index contributed by atoms with van der Waals surface area (Å²) in [6.07, 6.45) is -0.444. The zero-order valence-electron chi connectivity index (χ0n) is 16.0. The fourth-order valence-corrected chi connectivity index (χ4v) is 4.04. The summed E-state index contributed by atoms with van der Waals surface area (Å²) in [5.41, 5.74) is 9.10. The summed E-state index contributed by atoms with van der Waals surface area (Å²) in [5, 5.41) is 10.9. The molecular weight excluding hydrogens is 377 g/mol. The third kappa shape index (κ3) is 2.83. The Bertz CT molecular complexity index is 1220. The van der Waals surface area contributed by atoms with Gasteiger partial charge in [0.15, 0.2) is 6.29 Å². The Labute approximate surface area is 165 Å². The third-order valence-electron chi connectivity index (χ3n) is 5.41. The van der Waals surface area contributed by atoms with Crippen LogP contribution >= 0.6 is 0 Å². The molecule has 7 nitrogen and oxygen atoms in total. The van der Waals surface area contributed by atoms with Gasteiger partial charge in [-0.1, -0.05) is 6.92 Å². The number of rotatable bonds is 5. The molecule has 29 heavy (non-hydrogen) atoms. The molecule has 3 heterocycles. The normalized spacial score (nSPS) is 13.4. The Hall–Kier alpha value is -3.10. The SMILES string of the molecule is CCc1c2c(nc3cc(F)c(N)cc13)-c1cc(C(O)C=O)c(COC)c(=O)n1C2. The summed E-state index contributed by atoms with van der Waals surface area (Å²) < 4.78 is 20.7. The first-order chi connectivity index (χ1) is 13.9. The largest absolute Gasteiger partial charge is 0.396 e. The van der Waals surface area contributed by atoms with Crippen LogP contribution in [0.5, 0.6) is 0 Å². The molecule has 1 unspecified atom stereocenters. The Balaban J connectivity index is 2.05. The molecule has 1 aromatic carbocycles. The van der Waals surface area contributed by atoms with Crippen molar-refractivity contribution in [2.24, 2.45) is 0 Å². The minimum atomic E-state index is -1.45. The highest BCUT2D eigenvalue weighted by Crippen LogP contribution is 2.37. The Morgan fingerprint density at radius 1 is 1.38 bits per heavy atom. The minimum Gasteiger partial charge on any atom is -0.396 e. The maximum atomic E-state index is 14.0. The number of anilines is 1. The third-order valence-corrected chi connectivity index (χ3v) is 5.41. The lowest BCUT2D eigenvalue weighted by atomic mass is 9.97. The fourth-order valence-electron chi connectivity index (χ4n) is 4.04. The molecule has 0 saturated heterocycles. The van der Waals surface area contributed by atoms with Crippen molar-refractivity contribution >= 4 is 22.9 Å². The predicted octanol–water partition coefficient (Wildman–Crippen LogP) is 2.09. The molecule has 4 rings (SSSR count). The highest BCUT2D eigenvalue weighted by molar-refractivity contribution is 5.90. The van der Waals surface area contributed by atoms with Gasteiger partial charge < -0.3 is 24.9 Å². The van der Waals surface area contributed by atoms with Crippen molar-refractivity contribution in [2.45, 2.75) is 32.6 Å². The number of aliphatic hydroxyl groups is 1. The average molecular weight is 397 g/mol. The summed E-state index contributed by atoms with van der Waals surface area (Å²) in [5.74, 6) is -0.560. The van der Waals surface area contributed by atoms with E-state index in [9.17, 15) is 19.1 Å². The van der Waals surface area contributed by atoms with Crippen LogP contribution in [0, 0.1) is 5.82 Å². The van der Waals surface area contributed by atoms with Crippen molar-refractivity contribution in [3.05, 3.63) is 56.6 Å². The fraction of sp³-hybridized carbons (Fsp3) is 0.286. The van der Waals surface area contributed by atoms with Gasteiger partial charge in [0.1, 0.15) is 11.9 Å². The molecule has 1 aliphatic heterocycles. The molecule has 8 heteroatoms. The number of carbonyl (C=O) groups excluding carboxylic acids is 1. The van der Waals surface area contributed by atoms with Crippen molar-refractivity contribution < 1.29 is 19.0 Å². The highest BCUT2D eigenvalue weighted by atomic mass is 19.1. The molecule has 1 atom stereocenters. The highest BCUT2D eigenvalue weighted by Gasteiger charge is 2.29. The molecule has 3 aromatic rings. The van der Waals surface area contributed by atoms with Gasteiger partial charge in [-0.3, -0.25) is 4.79 Å². The summed E-state index contributed by atoms with van der Waals surface area (Å²) >= 11 is 0. The number of aromatic nitrogens is 2. The maximum absolute atomic E-state index is 14.0. The lowest BCUT2D eigenvalue weighted by Gasteiger charge is -2.14. The number of hydrogen-bond donors (Lipinski definition) is 2. The average Bonchev–Trinajstić information content (AvgIpc) is 3.07. The number of methoxy groups -OCH3 is 1. The molecule has 0 aliphatic carbocycles. The summed E-state index contributed by atoms with van der Waals surface area (Å²) in [7, 11) is 1.44. The predicted molar refractivity (Wildman–Crippen MR) is 106 cm³/mol. The van der Waals surface area contributed by atoms with E-state index in [2.05, 4.69) is 4.98 Å². The van der Waals surface area contributed by atoms with Crippen molar-refractivity contribution in [3.63, 3.8) is 0 Å². The van der Waals surface area contributed by atoms with Crippen LogP contribution in [0.2, 0.25) is 0 Å². The number of pyridine rings is 2. The van der Waals surface area contributed by atoms with Crippen LogP contribution in [0.3, 0.4) is 0 Å². The number of hydrogen-bond acceptors (Lipinski definition) is 6. The van der Waals surface area contributed by atoms with Crippen LogP contribution in [0.4, 0.5) is 10.1 Å². The molecular formula is C21H20FN3O4. The van der Waals surface area contributed by atoms with Gasteiger partial charge in [0.2, 0.25) is 0 Å². The van der Waals surface area contributed by atoms with Crippen molar-refractivity contribution in [3.8, 4) is 11.4 Å². The molecule has 2 aromatic heterocycles. The maximum Gasteiger partial charge on any atom is 0.257 e. The second kappa shape index (κ2) is 7.06. The second-order valence-electron chi connectivity index (χ2n) is 7.03. The first-order valence-electron chi connectivity index (χ1n) is 9.21. The van der Waals surface area contributed by atoms with Gasteiger partial charge in [-0.2, -0.15) is 0 Å². The van der Waals surface area contributed by atoms with E-state index in [-0.39, 0.29) is 29.0 Å². The smallest absolute Gasteiger partial charge is 0.257 e. The summed E-state index contributed by atoms with van der Waals surface area (Å²) in [4.78, 5) is 28.9. The Morgan fingerprint density at radius 2 is 2.14 bits per heavy atom. The summed E-state index contributed by atoms with van der Waals surface area (Å²) in [6, 6.07) is 4.44. The van der Waals surface area contributed by atoms with E-state index in [4.69, 9.17) is 10.5 Å². The Morgan fingerprint density at radius 3 is 2.79 bits per heavy atom. The van der Waals surface area contributed by atoms with Crippen LogP contribution in [0.25, 0.3) is 22.3 Å². The van der Waals surface area contributed by atoms with E-state index < -0.39 is 11.9 Å². The van der Waals surface area contributed by atoms with Gasteiger partial charge >= 0.3 is 0 Å². The topological polar surface area (TPSA) is 107 Å². The van der Waals surface area contributed by atoms with E-state index in [1.807, 2.05) is 6.92 Å². The number of ether oxygens (including phenoxy) is 1. The van der Waals surface area contributed by atoms with E-state index >= 15 is 0 Å². The standard InChI is InChI=1S/C21H20FN3O4/c1-3-10-11-4-16(23)15(22)6-17(11)24-20-13(10)7-25-18(20)5-12(19(27)8-26)14(9-29-2)21(25)28/h4-6,8,19,27H,3,7,9,23H2,1-2H3. The van der Waals surface area contributed by atoms with E-state index in [0.717, 1.165) is 16.5 Å². The van der Waals surface area contributed by atoms with Crippen LogP contribution in [-0.2, 0) is 29.1 Å². The molecule has 0 saturated carbocycles. The number of halogens is 1. The van der Waals surface area contributed by atoms with Gasteiger partial charge in [-0.05, 0) is 24.1 Å². The van der Waals surface area contributed by atoms with Gasteiger partial charge in [-0.25, -0.2) is 9.37 Å². The van der Waals surface area contributed by atoms with Crippen molar-refractivity contribution in [1.82, 2.24) is 9.55 Å². The zero-order chi connectivity index (χ0) is 20.9. The van der Waals surface area contributed by atoms with Gasteiger partial charge in [0.05, 0.1) is 35.7 Å². The number of nitrogen functional groups attached to an aromatic ring is 1. The van der Waals surface area contributed by atoms with Gasteiger partial charge in [-0.15, -0.1) is 0 Å². The first-order valence-corrected chi connectivity index (χ1v) is 9.21. The van der Waals surface area contributed by atoms with Crippen molar-refractivity contribution in [2.75, 3.05) is 12.8 Å². The Kier molecular flexibility index (Phi) is 4.68.